The molecule has 0 saturated heterocycles. The van der Waals surface area contributed by atoms with Gasteiger partial charge in [0.1, 0.15) is 4.90 Å². The van der Waals surface area contributed by atoms with Gasteiger partial charge in [-0.25, -0.2) is 12.7 Å². The number of carbonyl (C=O) groups is 2. The van der Waals surface area contributed by atoms with Gasteiger partial charge in [-0.3, -0.25) is 9.59 Å². The van der Waals surface area contributed by atoms with Gasteiger partial charge in [-0.15, -0.1) is 0 Å². The number of hydrogen-bond acceptors (Lipinski definition) is 4. The summed E-state index contributed by atoms with van der Waals surface area (Å²) in [4.78, 5) is 25.4. The first-order chi connectivity index (χ1) is 14.3. The Bertz CT molecular complexity index is 1360. The molecule has 30 heavy (non-hydrogen) atoms. The SMILES string of the molecule is Cc1cc(Cl)c2ccccc2c1NC(=O)c1ccc2c(c1)S(=O)(=O)N(C1CC1)C2=O. The number of halogens is 1. The first-order valence-electron chi connectivity index (χ1n) is 9.51. The Morgan fingerprint density at radius 1 is 1.10 bits per heavy atom. The number of sulfonamides is 1. The van der Waals surface area contributed by atoms with Crippen LogP contribution in [0.3, 0.4) is 0 Å². The summed E-state index contributed by atoms with van der Waals surface area (Å²) in [7, 11) is -3.92. The maximum atomic E-state index is 13.0. The van der Waals surface area contributed by atoms with Crippen molar-refractivity contribution in [3.63, 3.8) is 0 Å². The molecule has 0 radical (unpaired) electrons. The van der Waals surface area contributed by atoms with Gasteiger partial charge in [-0.2, -0.15) is 0 Å². The smallest absolute Gasteiger partial charge is 0.269 e. The van der Waals surface area contributed by atoms with E-state index in [0.29, 0.717) is 23.6 Å². The average Bonchev–Trinajstić information content (AvgIpc) is 3.52. The average molecular weight is 441 g/mol. The number of nitrogens with zero attached hydrogens (tertiary/aromatic N) is 1. The number of benzene rings is 3. The zero-order valence-corrected chi connectivity index (χ0v) is 17.5. The van der Waals surface area contributed by atoms with Crippen LogP contribution in [0.25, 0.3) is 10.8 Å². The number of hydrogen-bond donors (Lipinski definition) is 1. The summed E-state index contributed by atoms with van der Waals surface area (Å²) in [6.45, 7) is 1.84. The zero-order valence-electron chi connectivity index (χ0n) is 16.0. The predicted molar refractivity (Wildman–Crippen MR) is 114 cm³/mol. The molecule has 1 saturated carbocycles. The highest BCUT2D eigenvalue weighted by atomic mass is 35.5. The Kier molecular flexibility index (Phi) is 4.17. The molecule has 0 aromatic heterocycles. The van der Waals surface area contributed by atoms with Crippen molar-refractivity contribution in [2.75, 3.05) is 5.32 Å². The number of carbonyl (C=O) groups excluding carboxylic acids is 2. The summed E-state index contributed by atoms with van der Waals surface area (Å²) < 4.78 is 26.6. The van der Waals surface area contributed by atoms with Crippen LogP contribution < -0.4 is 5.32 Å². The minimum atomic E-state index is -3.92. The molecule has 1 aliphatic heterocycles. The van der Waals surface area contributed by atoms with Crippen molar-refractivity contribution >= 4 is 49.9 Å². The lowest BCUT2D eigenvalue weighted by atomic mass is 10.0. The number of fused-ring (bicyclic) bond motifs is 2. The Hall–Kier alpha value is -2.90. The van der Waals surface area contributed by atoms with E-state index >= 15 is 0 Å². The van der Waals surface area contributed by atoms with Crippen molar-refractivity contribution in [2.24, 2.45) is 0 Å². The second-order valence-electron chi connectivity index (χ2n) is 7.60. The van der Waals surface area contributed by atoms with Gasteiger partial charge in [0.05, 0.1) is 11.3 Å². The van der Waals surface area contributed by atoms with Gasteiger partial charge in [0.25, 0.3) is 21.8 Å². The molecule has 2 amide bonds. The van der Waals surface area contributed by atoms with E-state index in [1.54, 1.807) is 6.07 Å². The van der Waals surface area contributed by atoms with Crippen molar-refractivity contribution < 1.29 is 18.0 Å². The maximum Gasteiger partial charge on any atom is 0.269 e. The zero-order chi connectivity index (χ0) is 21.2. The number of anilines is 1. The normalized spacial score (nSPS) is 17.3. The van der Waals surface area contributed by atoms with Crippen molar-refractivity contribution in [2.45, 2.75) is 30.7 Å². The van der Waals surface area contributed by atoms with Crippen LogP contribution in [-0.4, -0.2) is 30.6 Å². The minimum absolute atomic E-state index is 0.107. The summed E-state index contributed by atoms with van der Waals surface area (Å²) in [5, 5.41) is 5.07. The molecule has 3 aromatic rings. The maximum absolute atomic E-state index is 13.0. The van der Waals surface area contributed by atoms with Gasteiger partial charge >= 0.3 is 0 Å². The van der Waals surface area contributed by atoms with Gasteiger partial charge in [0.2, 0.25) is 0 Å². The summed E-state index contributed by atoms with van der Waals surface area (Å²) in [6.07, 6.45) is 1.35. The van der Waals surface area contributed by atoms with Gasteiger partial charge in [0, 0.05) is 27.4 Å². The molecule has 152 valence electrons. The first kappa shape index (κ1) is 19.1. The molecule has 1 aliphatic carbocycles. The Morgan fingerprint density at radius 3 is 2.50 bits per heavy atom. The van der Waals surface area contributed by atoms with Crippen LogP contribution in [-0.2, 0) is 10.0 Å². The van der Waals surface area contributed by atoms with Crippen LogP contribution in [0, 0.1) is 6.92 Å². The molecule has 0 unspecified atom stereocenters. The van der Waals surface area contributed by atoms with Gasteiger partial charge in [0.15, 0.2) is 0 Å². The number of amides is 2. The van der Waals surface area contributed by atoms with Crippen LogP contribution in [0.4, 0.5) is 5.69 Å². The lowest BCUT2D eigenvalue weighted by molar-refractivity contribution is 0.0864. The summed E-state index contributed by atoms with van der Waals surface area (Å²) >= 11 is 6.33. The van der Waals surface area contributed by atoms with Crippen molar-refractivity contribution in [1.29, 1.82) is 0 Å². The molecule has 1 fully saturated rings. The fourth-order valence-electron chi connectivity index (χ4n) is 3.87. The van der Waals surface area contributed by atoms with Crippen molar-refractivity contribution in [3.8, 4) is 0 Å². The van der Waals surface area contributed by atoms with E-state index in [1.165, 1.54) is 18.2 Å². The van der Waals surface area contributed by atoms with E-state index < -0.39 is 21.8 Å². The molecule has 2 aliphatic rings. The van der Waals surface area contributed by atoms with E-state index in [2.05, 4.69) is 5.32 Å². The van der Waals surface area contributed by atoms with Crippen LogP contribution in [0.1, 0.15) is 39.1 Å². The Labute approximate surface area is 178 Å². The third kappa shape index (κ3) is 2.80. The standard InChI is InChI=1S/C22H17ClN2O4S/c1-12-10-18(23)15-4-2-3-5-16(15)20(12)24-21(26)13-6-9-17-19(11-13)30(28,29)25(22(17)27)14-7-8-14/h2-6,9-11,14H,7-8H2,1H3,(H,24,26). The highest BCUT2D eigenvalue weighted by Gasteiger charge is 2.48. The number of rotatable bonds is 3. The number of nitrogens with one attached hydrogen (secondary N) is 1. The second kappa shape index (κ2) is 6.55. The Balaban J connectivity index is 1.54. The highest BCUT2D eigenvalue weighted by molar-refractivity contribution is 7.90. The van der Waals surface area contributed by atoms with E-state index in [9.17, 15) is 18.0 Å². The van der Waals surface area contributed by atoms with Gasteiger partial charge in [-0.1, -0.05) is 35.9 Å². The summed E-state index contributed by atoms with van der Waals surface area (Å²) in [5.41, 5.74) is 1.68. The van der Waals surface area contributed by atoms with Gasteiger partial charge < -0.3 is 5.32 Å². The molecule has 0 spiro atoms. The van der Waals surface area contributed by atoms with Crippen molar-refractivity contribution in [3.05, 3.63) is 70.2 Å². The molecule has 0 bridgehead atoms. The predicted octanol–water partition coefficient (Wildman–Crippen LogP) is 4.36. The van der Waals surface area contributed by atoms with E-state index in [-0.39, 0.29) is 22.1 Å². The topological polar surface area (TPSA) is 83.6 Å². The van der Waals surface area contributed by atoms with Crippen molar-refractivity contribution in [1.82, 2.24) is 4.31 Å². The molecular formula is C22H17ClN2O4S. The monoisotopic (exact) mass is 440 g/mol. The molecule has 1 heterocycles. The summed E-state index contributed by atoms with van der Waals surface area (Å²) in [6, 6.07) is 13.1. The van der Waals surface area contributed by atoms with E-state index in [0.717, 1.165) is 20.6 Å². The molecule has 5 rings (SSSR count). The molecule has 6 nitrogen and oxygen atoms in total. The summed E-state index contributed by atoms with van der Waals surface area (Å²) in [5.74, 6) is -0.972. The largest absolute Gasteiger partial charge is 0.321 e. The number of aryl methyl sites for hydroxylation is 1. The first-order valence-corrected chi connectivity index (χ1v) is 11.3. The quantitative estimate of drug-likeness (QED) is 0.655. The third-order valence-corrected chi connectivity index (χ3v) is 7.71. The molecule has 8 heteroatoms. The lowest BCUT2D eigenvalue weighted by Crippen LogP contribution is -2.31. The van der Waals surface area contributed by atoms with E-state index in [4.69, 9.17) is 11.6 Å². The molecular weight excluding hydrogens is 424 g/mol. The molecule has 1 N–H and O–H groups in total. The van der Waals surface area contributed by atoms with Crippen LogP contribution in [0.5, 0.6) is 0 Å². The lowest BCUT2D eigenvalue weighted by Gasteiger charge is -2.14. The minimum Gasteiger partial charge on any atom is -0.321 e. The van der Waals surface area contributed by atoms with E-state index in [1.807, 2.05) is 31.2 Å². The second-order valence-corrected chi connectivity index (χ2v) is 9.79. The van der Waals surface area contributed by atoms with Crippen LogP contribution in [0.15, 0.2) is 53.4 Å². The van der Waals surface area contributed by atoms with Crippen LogP contribution in [0.2, 0.25) is 5.02 Å². The highest BCUT2D eigenvalue weighted by Crippen LogP contribution is 2.40. The van der Waals surface area contributed by atoms with Gasteiger partial charge in [-0.05, 0) is 49.6 Å². The Morgan fingerprint density at radius 2 is 1.80 bits per heavy atom. The van der Waals surface area contributed by atoms with Crippen LogP contribution >= 0.6 is 11.6 Å². The fraction of sp³-hybridized carbons (Fsp3) is 0.182. The third-order valence-electron chi connectivity index (χ3n) is 5.52. The molecule has 0 atom stereocenters. The molecule has 3 aromatic carbocycles. The fourth-order valence-corrected chi connectivity index (χ4v) is 6.04.